The first kappa shape index (κ1) is 14.5. The van der Waals surface area contributed by atoms with Gasteiger partial charge in [0.15, 0.2) is 0 Å². The predicted octanol–water partition coefficient (Wildman–Crippen LogP) is 4.00. The second-order valence-electron chi connectivity index (χ2n) is 4.20. The Hall–Kier alpha value is -1.88. The van der Waals surface area contributed by atoms with Crippen LogP contribution < -0.4 is 5.32 Å². The summed E-state index contributed by atoms with van der Waals surface area (Å²) in [4.78, 5) is 12.7. The number of rotatable bonds is 4. The molecule has 0 spiro atoms. The second-order valence-corrected chi connectivity index (χ2v) is 5.22. The van der Waals surface area contributed by atoms with Crippen molar-refractivity contribution < 1.29 is 13.6 Å². The van der Waals surface area contributed by atoms with Gasteiger partial charge in [-0.3, -0.25) is 4.79 Å². The van der Waals surface area contributed by atoms with Gasteiger partial charge in [-0.25, -0.2) is 8.78 Å². The van der Waals surface area contributed by atoms with Crippen molar-refractivity contribution in [3.63, 3.8) is 0 Å². The summed E-state index contributed by atoms with van der Waals surface area (Å²) >= 11 is 1.33. The van der Waals surface area contributed by atoms with E-state index in [1.54, 1.807) is 0 Å². The minimum absolute atomic E-state index is 0.0959. The Morgan fingerprint density at radius 3 is 2.40 bits per heavy atom. The number of aryl methyl sites for hydroxylation is 1. The van der Waals surface area contributed by atoms with Gasteiger partial charge in [-0.1, -0.05) is 24.3 Å². The summed E-state index contributed by atoms with van der Waals surface area (Å²) in [6.45, 7) is 1.94. The smallest absolute Gasteiger partial charge is 0.234 e. The van der Waals surface area contributed by atoms with E-state index < -0.39 is 23.2 Å². The van der Waals surface area contributed by atoms with E-state index in [0.29, 0.717) is 0 Å². The summed E-state index contributed by atoms with van der Waals surface area (Å²) in [5.74, 6) is -1.90. The average Bonchev–Trinajstić information content (AvgIpc) is 2.42. The SMILES string of the molecule is Cc1ccccc1SCC(=O)Nc1c(F)cccc1F. The maximum atomic E-state index is 13.4. The minimum atomic E-state index is -0.778. The molecule has 0 bridgehead atoms. The quantitative estimate of drug-likeness (QED) is 0.863. The molecule has 0 heterocycles. The van der Waals surface area contributed by atoms with E-state index in [-0.39, 0.29) is 5.75 Å². The van der Waals surface area contributed by atoms with Crippen LogP contribution in [0.2, 0.25) is 0 Å². The van der Waals surface area contributed by atoms with Crippen LogP contribution in [-0.2, 0) is 4.79 Å². The third kappa shape index (κ3) is 3.57. The van der Waals surface area contributed by atoms with Gasteiger partial charge in [0, 0.05) is 4.90 Å². The Morgan fingerprint density at radius 1 is 1.10 bits per heavy atom. The standard InChI is InChI=1S/C15H13F2NOS/c1-10-5-2-3-8-13(10)20-9-14(19)18-15-11(16)6-4-7-12(15)17/h2-8H,9H2,1H3,(H,18,19). The predicted molar refractivity (Wildman–Crippen MR) is 76.9 cm³/mol. The van der Waals surface area contributed by atoms with E-state index in [9.17, 15) is 13.6 Å². The zero-order valence-corrected chi connectivity index (χ0v) is 11.6. The van der Waals surface area contributed by atoms with Crippen LogP contribution in [0.25, 0.3) is 0 Å². The van der Waals surface area contributed by atoms with Gasteiger partial charge >= 0.3 is 0 Å². The molecule has 0 aromatic heterocycles. The van der Waals surface area contributed by atoms with Crippen LogP contribution in [0.3, 0.4) is 0 Å². The zero-order valence-electron chi connectivity index (χ0n) is 10.8. The van der Waals surface area contributed by atoms with Gasteiger partial charge in [0.1, 0.15) is 17.3 Å². The number of para-hydroxylation sites is 1. The van der Waals surface area contributed by atoms with E-state index >= 15 is 0 Å². The van der Waals surface area contributed by atoms with Crippen molar-refractivity contribution in [3.8, 4) is 0 Å². The normalized spacial score (nSPS) is 10.3. The summed E-state index contributed by atoms with van der Waals surface area (Å²) in [6.07, 6.45) is 0. The number of carbonyl (C=O) groups excluding carboxylic acids is 1. The van der Waals surface area contributed by atoms with Crippen LogP contribution in [0.15, 0.2) is 47.4 Å². The fourth-order valence-corrected chi connectivity index (χ4v) is 2.48. The Balaban J connectivity index is 1.98. The average molecular weight is 293 g/mol. The summed E-state index contributed by atoms with van der Waals surface area (Å²) in [7, 11) is 0. The first-order chi connectivity index (χ1) is 9.58. The number of nitrogens with one attached hydrogen (secondary N) is 1. The molecule has 0 aliphatic rings. The number of thioether (sulfide) groups is 1. The molecule has 0 unspecified atom stereocenters. The van der Waals surface area contributed by atoms with Crippen molar-refractivity contribution in [3.05, 3.63) is 59.7 Å². The molecule has 5 heteroatoms. The highest BCUT2D eigenvalue weighted by Gasteiger charge is 2.12. The third-order valence-corrected chi connectivity index (χ3v) is 3.86. The lowest BCUT2D eigenvalue weighted by Gasteiger charge is -2.08. The molecule has 0 aliphatic carbocycles. The maximum Gasteiger partial charge on any atom is 0.234 e. The molecule has 0 radical (unpaired) electrons. The van der Waals surface area contributed by atoms with E-state index in [4.69, 9.17) is 0 Å². The van der Waals surface area contributed by atoms with Crippen LogP contribution in [0, 0.1) is 18.6 Å². The van der Waals surface area contributed by atoms with E-state index in [1.165, 1.54) is 17.8 Å². The molecule has 104 valence electrons. The van der Waals surface area contributed by atoms with E-state index in [1.807, 2.05) is 31.2 Å². The maximum absolute atomic E-state index is 13.4. The van der Waals surface area contributed by atoms with Crippen LogP contribution in [0.1, 0.15) is 5.56 Å². The largest absolute Gasteiger partial charge is 0.320 e. The molecule has 0 aliphatic heterocycles. The molecule has 2 aromatic carbocycles. The minimum Gasteiger partial charge on any atom is -0.320 e. The Bertz CT molecular complexity index is 611. The molecule has 1 N–H and O–H groups in total. The lowest BCUT2D eigenvalue weighted by atomic mass is 10.2. The van der Waals surface area contributed by atoms with Gasteiger partial charge in [-0.2, -0.15) is 0 Å². The second kappa shape index (κ2) is 6.52. The molecule has 1 amide bonds. The molecule has 2 rings (SSSR count). The van der Waals surface area contributed by atoms with Crippen LogP contribution >= 0.6 is 11.8 Å². The number of anilines is 1. The Kier molecular flexibility index (Phi) is 4.74. The fourth-order valence-electron chi connectivity index (χ4n) is 1.65. The highest BCUT2D eigenvalue weighted by atomic mass is 32.2. The molecule has 0 saturated carbocycles. The highest BCUT2D eigenvalue weighted by molar-refractivity contribution is 8.00. The Labute approximate surface area is 120 Å². The van der Waals surface area contributed by atoms with Crippen molar-refractivity contribution >= 4 is 23.4 Å². The molecule has 2 aromatic rings. The molecule has 20 heavy (non-hydrogen) atoms. The molecule has 2 nitrogen and oxygen atoms in total. The van der Waals surface area contributed by atoms with Gasteiger partial charge < -0.3 is 5.32 Å². The summed E-state index contributed by atoms with van der Waals surface area (Å²) in [5, 5.41) is 2.26. The fraction of sp³-hybridized carbons (Fsp3) is 0.133. The van der Waals surface area contributed by atoms with E-state index in [2.05, 4.69) is 5.32 Å². The van der Waals surface area contributed by atoms with Gasteiger partial charge in [0.25, 0.3) is 0 Å². The molecular weight excluding hydrogens is 280 g/mol. The number of halogens is 2. The van der Waals surface area contributed by atoms with Gasteiger partial charge in [0.2, 0.25) is 5.91 Å². The highest BCUT2D eigenvalue weighted by Crippen LogP contribution is 2.23. The van der Waals surface area contributed by atoms with Gasteiger partial charge in [-0.05, 0) is 30.7 Å². The number of amides is 1. The van der Waals surface area contributed by atoms with Crippen LogP contribution in [0.4, 0.5) is 14.5 Å². The zero-order chi connectivity index (χ0) is 14.5. The van der Waals surface area contributed by atoms with E-state index in [0.717, 1.165) is 22.6 Å². The summed E-state index contributed by atoms with van der Waals surface area (Å²) < 4.78 is 26.8. The van der Waals surface area contributed by atoms with Crippen molar-refractivity contribution in [1.29, 1.82) is 0 Å². The van der Waals surface area contributed by atoms with Gasteiger partial charge in [0.05, 0.1) is 5.75 Å². The number of benzene rings is 2. The molecule has 0 fully saturated rings. The Morgan fingerprint density at radius 2 is 1.75 bits per heavy atom. The first-order valence-electron chi connectivity index (χ1n) is 6.00. The lowest BCUT2D eigenvalue weighted by molar-refractivity contribution is -0.113. The monoisotopic (exact) mass is 293 g/mol. The number of hydrogen-bond donors (Lipinski definition) is 1. The molecular formula is C15H13F2NOS. The summed E-state index contributed by atoms with van der Waals surface area (Å²) in [6, 6.07) is 11.1. The van der Waals surface area contributed by atoms with Crippen molar-refractivity contribution in [2.45, 2.75) is 11.8 Å². The van der Waals surface area contributed by atoms with Crippen molar-refractivity contribution in [2.75, 3.05) is 11.1 Å². The lowest BCUT2D eigenvalue weighted by Crippen LogP contribution is -2.16. The van der Waals surface area contributed by atoms with Crippen molar-refractivity contribution in [2.24, 2.45) is 0 Å². The summed E-state index contributed by atoms with van der Waals surface area (Å²) in [5.41, 5.74) is 0.658. The van der Waals surface area contributed by atoms with Gasteiger partial charge in [-0.15, -0.1) is 11.8 Å². The molecule has 0 atom stereocenters. The van der Waals surface area contributed by atoms with Crippen LogP contribution in [0.5, 0.6) is 0 Å². The first-order valence-corrected chi connectivity index (χ1v) is 6.99. The third-order valence-electron chi connectivity index (χ3n) is 2.68. The number of carbonyl (C=O) groups is 1. The topological polar surface area (TPSA) is 29.1 Å². The van der Waals surface area contributed by atoms with Crippen LogP contribution in [-0.4, -0.2) is 11.7 Å². The van der Waals surface area contributed by atoms with Crippen molar-refractivity contribution in [1.82, 2.24) is 0 Å². The molecule has 0 saturated heterocycles. The number of hydrogen-bond acceptors (Lipinski definition) is 2.